The van der Waals surface area contributed by atoms with Crippen LogP contribution < -0.4 is 0 Å². The van der Waals surface area contributed by atoms with E-state index in [0.717, 1.165) is 30.7 Å². The maximum absolute atomic E-state index is 13.6. The molecule has 1 amide bonds. The van der Waals surface area contributed by atoms with Crippen molar-refractivity contribution in [2.75, 3.05) is 13.2 Å². The van der Waals surface area contributed by atoms with Crippen molar-refractivity contribution in [1.29, 1.82) is 0 Å². The van der Waals surface area contributed by atoms with Gasteiger partial charge in [0.2, 0.25) is 0 Å². The molecule has 7 heteroatoms. The van der Waals surface area contributed by atoms with Gasteiger partial charge < -0.3 is 14.2 Å². The highest BCUT2D eigenvalue weighted by Crippen LogP contribution is 2.28. The minimum absolute atomic E-state index is 0.0295. The summed E-state index contributed by atoms with van der Waals surface area (Å²) in [7, 11) is 0. The maximum Gasteiger partial charge on any atom is 0.260 e. The second-order valence-electron chi connectivity index (χ2n) is 7.11. The summed E-state index contributed by atoms with van der Waals surface area (Å²) in [6, 6.07) is 12.9. The Hall–Kier alpha value is -2.70. The number of rotatable bonds is 6. The second kappa shape index (κ2) is 8.76. The zero-order valence-electron chi connectivity index (χ0n) is 16.2. The molecule has 2 aromatic heterocycles. The molecular weight excluding hydrogens is 390 g/mol. The fraction of sp³-hybridized carbons (Fsp3) is 0.318. The average Bonchev–Trinajstić information content (AvgIpc) is 3.38. The largest absolute Gasteiger partial charge is 0.376 e. The number of hydrogen-bond donors (Lipinski definition) is 0. The van der Waals surface area contributed by atoms with E-state index in [2.05, 4.69) is 10.1 Å². The predicted octanol–water partition coefficient (Wildman–Crippen LogP) is 4.52. The third-order valence-electron chi connectivity index (χ3n) is 5.01. The smallest absolute Gasteiger partial charge is 0.260 e. The molecule has 0 N–H and O–H groups in total. The van der Waals surface area contributed by atoms with Crippen molar-refractivity contribution in [3.05, 3.63) is 70.7 Å². The average molecular weight is 412 g/mol. The first-order chi connectivity index (χ1) is 14.1. The molecule has 0 aliphatic carbocycles. The molecular formula is C22H22ClN3O3. The highest BCUT2D eigenvalue weighted by atomic mass is 35.5. The third-order valence-corrected chi connectivity index (χ3v) is 5.26. The molecule has 1 unspecified atom stereocenters. The van der Waals surface area contributed by atoms with Gasteiger partial charge in [-0.25, -0.2) is 0 Å². The van der Waals surface area contributed by atoms with Crippen LogP contribution in [0.1, 0.15) is 34.7 Å². The molecule has 0 radical (unpaired) electrons. The molecule has 1 aliphatic heterocycles. The molecule has 150 valence electrons. The van der Waals surface area contributed by atoms with Crippen LogP contribution in [-0.2, 0) is 11.3 Å². The fourth-order valence-corrected chi connectivity index (χ4v) is 3.65. The van der Waals surface area contributed by atoms with Gasteiger partial charge in [0.15, 0.2) is 0 Å². The topological polar surface area (TPSA) is 68.5 Å². The van der Waals surface area contributed by atoms with Gasteiger partial charge in [-0.3, -0.25) is 9.78 Å². The number of pyridine rings is 1. The Labute approximate surface area is 174 Å². The first-order valence-electron chi connectivity index (χ1n) is 9.65. The summed E-state index contributed by atoms with van der Waals surface area (Å²) in [4.78, 5) is 19.8. The third kappa shape index (κ3) is 4.49. The van der Waals surface area contributed by atoms with Crippen molar-refractivity contribution < 1.29 is 14.1 Å². The Morgan fingerprint density at radius 3 is 2.76 bits per heavy atom. The van der Waals surface area contributed by atoms with E-state index in [1.807, 2.05) is 30.3 Å². The standard InChI is InChI=1S/C22H22ClN3O3/c1-15-20(21(25-29-15)16-7-9-17(23)10-8-16)22(27)26(14-19-6-4-12-28-19)13-18-5-2-3-11-24-18/h2-3,5,7-11,19H,4,6,12-14H2,1H3. The van der Waals surface area contributed by atoms with Gasteiger partial charge in [0.05, 0.1) is 18.3 Å². The maximum atomic E-state index is 13.6. The molecule has 0 saturated carbocycles. The van der Waals surface area contributed by atoms with E-state index in [4.69, 9.17) is 20.9 Å². The molecule has 0 spiro atoms. The number of carbonyl (C=O) groups excluding carboxylic acids is 1. The fourth-order valence-electron chi connectivity index (χ4n) is 3.53. The van der Waals surface area contributed by atoms with Gasteiger partial charge in [-0.1, -0.05) is 35.0 Å². The van der Waals surface area contributed by atoms with Crippen molar-refractivity contribution in [1.82, 2.24) is 15.0 Å². The summed E-state index contributed by atoms with van der Waals surface area (Å²) < 4.78 is 11.2. The molecule has 4 rings (SSSR count). The summed E-state index contributed by atoms with van der Waals surface area (Å²) >= 11 is 6.00. The summed E-state index contributed by atoms with van der Waals surface area (Å²) in [5, 5.41) is 4.77. The van der Waals surface area contributed by atoms with Crippen LogP contribution >= 0.6 is 11.6 Å². The molecule has 1 saturated heterocycles. The molecule has 0 bridgehead atoms. The van der Waals surface area contributed by atoms with Crippen molar-refractivity contribution >= 4 is 17.5 Å². The van der Waals surface area contributed by atoms with E-state index in [0.29, 0.717) is 35.1 Å². The summed E-state index contributed by atoms with van der Waals surface area (Å²) in [5.74, 6) is 0.341. The van der Waals surface area contributed by atoms with Gasteiger partial charge in [0.1, 0.15) is 17.0 Å². The Bertz CT molecular complexity index is 967. The normalized spacial score (nSPS) is 16.1. The Morgan fingerprint density at radius 2 is 2.07 bits per heavy atom. The van der Waals surface area contributed by atoms with Crippen LogP contribution in [0.4, 0.5) is 0 Å². The first kappa shape index (κ1) is 19.6. The number of carbonyl (C=O) groups is 1. The number of ether oxygens (including phenoxy) is 1. The van der Waals surface area contributed by atoms with Gasteiger partial charge in [0.25, 0.3) is 5.91 Å². The number of benzene rings is 1. The monoisotopic (exact) mass is 411 g/mol. The van der Waals surface area contributed by atoms with Crippen LogP contribution in [0.25, 0.3) is 11.3 Å². The summed E-state index contributed by atoms with van der Waals surface area (Å²) in [6.45, 7) is 3.38. The predicted molar refractivity (Wildman–Crippen MR) is 110 cm³/mol. The second-order valence-corrected chi connectivity index (χ2v) is 7.55. The zero-order valence-corrected chi connectivity index (χ0v) is 16.9. The van der Waals surface area contributed by atoms with Crippen molar-refractivity contribution in [2.24, 2.45) is 0 Å². The molecule has 1 fully saturated rings. The number of aryl methyl sites for hydroxylation is 1. The Balaban J connectivity index is 1.66. The first-order valence-corrected chi connectivity index (χ1v) is 10.0. The highest BCUT2D eigenvalue weighted by molar-refractivity contribution is 6.30. The quantitative estimate of drug-likeness (QED) is 0.596. The van der Waals surface area contributed by atoms with Crippen molar-refractivity contribution in [2.45, 2.75) is 32.4 Å². The highest BCUT2D eigenvalue weighted by Gasteiger charge is 2.29. The Kier molecular flexibility index (Phi) is 5.92. The van der Waals surface area contributed by atoms with Crippen molar-refractivity contribution in [3.8, 4) is 11.3 Å². The van der Waals surface area contributed by atoms with Gasteiger partial charge in [-0.05, 0) is 44.0 Å². The lowest BCUT2D eigenvalue weighted by Gasteiger charge is -2.25. The lowest BCUT2D eigenvalue weighted by atomic mass is 10.0. The van der Waals surface area contributed by atoms with Crippen molar-refractivity contribution in [3.63, 3.8) is 0 Å². The molecule has 6 nitrogen and oxygen atoms in total. The number of nitrogens with zero attached hydrogens (tertiary/aromatic N) is 3. The van der Waals surface area contributed by atoms with E-state index >= 15 is 0 Å². The molecule has 1 aliphatic rings. The number of halogens is 1. The Morgan fingerprint density at radius 1 is 1.24 bits per heavy atom. The number of aromatic nitrogens is 2. The van der Waals surface area contributed by atoms with Crippen LogP contribution in [0.2, 0.25) is 5.02 Å². The lowest BCUT2D eigenvalue weighted by Crippen LogP contribution is -2.37. The van der Waals surface area contributed by atoms with Gasteiger partial charge in [-0.2, -0.15) is 0 Å². The summed E-state index contributed by atoms with van der Waals surface area (Å²) in [6.07, 6.45) is 3.72. The van der Waals surface area contributed by atoms with Gasteiger partial charge in [0, 0.05) is 29.9 Å². The summed E-state index contributed by atoms with van der Waals surface area (Å²) in [5.41, 5.74) is 2.58. The van der Waals surface area contributed by atoms with E-state index < -0.39 is 0 Å². The molecule has 3 heterocycles. The van der Waals surface area contributed by atoms with E-state index in [1.165, 1.54) is 0 Å². The number of hydrogen-bond acceptors (Lipinski definition) is 5. The molecule has 3 aromatic rings. The lowest BCUT2D eigenvalue weighted by molar-refractivity contribution is 0.0503. The van der Waals surface area contributed by atoms with Gasteiger partial charge in [-0.15, -0.1) is 0 Å². The van der Waals surface area contributed by atoms with Crippen LogP contribution in [0, 0.1) is 6.92 Å². The van der Waals surface area contributed by atoms with Crippen LogP contribution in [0.15, 0.2) is 53.2 Å². The van der Waals surface area contributed by atoms with E-state index in [-0.39, 0.29) is 12.0 Å². The SMILES string of the molecule is Cc1onc(-c2ccc(Cl)cc2)c1C(=O)N(Cc1ccccn1)CC1CCCO1. The van der Waals surface area contributed by atoms with Gasteiger partial charge >= 0.3 is 0 Å². The van der Waals surface area contributed by atoms with E-state index in [9.17, 15) is 4.79 Å². The molecule has 1 atom stereocenters. The minimum atomic E-state index is -0.144. The molecule has 29 heavy (non-hydrogen) atoms. The zero-order chi connectivity index (χ0) is 20.2. The van der Waals surface area contributed by atoms with E-state index in [1.54, 1.807) is 30.2 Å². The van der Waals surface area contributed by atoms with Crippen LogP contribution in [0.3, 0.4) is 0 Å². The molecule has 1 aromatic carbocycles. The van der Waals surface area contributed by atoms with Crippen LogP contribution in [-0.4, -0.2) is 40.2 Å². The van der Waals surface area contributed by atoms with Crippen LogP contribution in [0.5, 0.6) is 0 Å². The number of amides is 1. The minimum Gasteiger partial charge on any atom is -0.376 e.